The van der Waals surface area contributed by atoms with Gasteiger partial charge in [0.1, 0.15) is 5.75 Å². The van der Waals surface area contributed by atoms with Crippen molar-refractivity contribution in [3.05, 3.63) is 28.8 Å². The summed E-state index contributed by atoms with van der Waals surface area (Å²) in [5, 5.41) is 10.6. The minimum Gasteiger partial charge on any atom is -0.496 e. The largest absolute Gasteiger partial charge is 0.496 e. The lowest BCUT2D eigenvalue weighted by atomic mass is 10.1. The molecule has 0 radical (unpaired) electrons. The second-order valence-electron chi connectivity index (χ2n) is 3.80. The molecule has 3 nitrogen and oxygen atoms in total. The average Bonchev–Trinajstić information content (AvgIpc) is 2.34. The Kier molecular flexibility index (Phi) is 6.34. The summed E-state index contributed by atoms with van der Waals surface area (Å²) < 4.78 is 10.5. The summed E-state index contributed by atoms with van der Waals surface area (Å²) >= 11 is 5.90. The highest BCUT2D eigenvalue weighted by atomic mass is 35.5. The van der Waals surface area contributed by atoms with E-state index >= 15 is 0 Å². The zero-order valence-corrected chi connectivity index (χ0v) is 11.0. The Morgan fingerprint density at radius 1 is 1.35 bits per heavy atom. The fourth-order valence-electron chi connectivity index (χ4n) is 1.56. The van der Waals surface area contributed by atoms with E-state index in [-0.39, 0.29) is 0 Å². The molecule has 17 heavy (non-hydrogen) atoms. The van der Waals surface area contributed by atoms with Gasteiger partial charge >= 0.3 is 0 Å². The van der Waals surface area contributed by atoms with Gasteiger partial charge in [0.25, 0.3) is 0 Å². The van der Waals surface area contributed by atoms with Gasteiger partial charge in [-0.3, -0.25) is 0 Å². The first-order valence-electron chi connectivity index (χ1n) is 5.78. The Hall–Kier alpha value is -0.770. The zero-order valence-electron chi connectivity index (χ0n) is 10.3. The van der Waals surface area contributed by atoms with Crippen LogP contribution in [0.2, 0.25) is 5.02 Å². The molecular weight excluding hydrogens is 240 g/mol. The van der Waals surface area contributed by atoms with Crippen molar-refractivity contribution in [1.82, 2.24) is 0 Å². The van der Waals surface area contributed by atoms with E-state index in [1.807, 2.05) is 0 Å². The molecule has 1 aromatic rings. The molecule has 1 N–H and O–H groups in total. The molecule has 0 amide bonds. The lowest BCUT2D eigenvalue weighted by Crippen LogP contribution is -2.05. The van der Waals surface area contributed by atoms with E-state index in [2.05, 4.69) is 6.92 Å². The zero-order chi connectivity index (χ0) is 12.7. The molecule has 0 spiro atoms. The molecule has 0 aliphatic rings. The van der Waals surface area contributed by atoms with Crippen LogP contribution in [-0.2, 0) is 4.74 Å². The lowest BCUT2D eigenvalue weighted by molar-refractivity contribution is 0.0811. The van der Waals surface area contributed by atoms with Crippen molar-refractivity contribution >= 4 is 11.6 Å². The quantitative estimate of drug-likeness (QED) is 0.764. The predicted octanol–water partition coefficient (Wildman–Crippen LogP) is 3.20. The first-order chi connectivity index (χ1) is 8.19. The predicted molar refractivity (Wildman–Crippen MR) is 68.7 cm³/mol. The van der Waals surface area contributed by atoms with Crippen LogP contribution in [0.3, 0.4) is 0 Å². The molecule has 1 atom stereocenters. The first-order valence-corrected chi connectivity index (χ1v) is 6.16. The Morgan fingerprint density at radius 3 is 2.76 bits per heavy atom. The molecule has 1 aromatic carbocycles. The van der Waals surface area contributed by atoms with E-state index in [1.54, 1.807) is 25.3 Å². The molecule has 0 heterocycles. The van der Waals surface area contributed by atoms with Crippen LogP contribution in [0.5, 0.6) is 5.75 Å². The molecule has 1 rings (SSSR count). The molecule has 1 unspecified atom stereocenters. The molecule has 96 valence electrons. The van der Waals surface area contributed by atoms with Crippen LogP contribution >= 0.6 is 11.6 Å². The second-order valence-corrected chi connectivity index (χ2v) is 4.24. The molecule has 0 bridgehead atoms. The third-order valence-electron chi connectivity index (χ3n) is 2.43. The number of halogens is 1. The second kappa shape index (κ2) is 7.54. The van der Waals surface area contributed by atoms with Crippen molar-refractivity contribution in [3.8, 4) is 5.75 Å². The maximum Gasteiger partial charge on any atom is 0.124 e. The van der Waals surface area contributed by atoms with Crippen LogP contribution in [-0.4, -0.2) is 25.4 Å². The number of ether oxygens (including phenoxy) is 2. The van der Waals surface area contributed by atoms with E-state index < -0.39 is 6.10 Å². The Bertz CT molecular complexity index is 341. The third kappa shape index (κ3) is 4.54. The Labute approximate surface area is 107 Å². The Balaban J connectivity index is 2.60. The van der Waals surface area contributed by atoms with Gasteiger partial charge in [-0.2, -0.15) is 0 Å². The normalized spacial score (nSPS) is 12.5. The van der Waals surface area contributed by atoms with Crippen molar-refractivity contribution in [1.29, 1.82) is 0 Å². The summed E-state index contributed by atoms with van der Waals surface area (Å²) in [4.78, 5) is 0. The van der Waals surface area contributed by atoms with Crippen LogP contribution in [0.4, 0.5) is 0 Å². The number of aliphatic hydroxyl groups excluding tert-OH is 1. The monoisotopic (exact) mass is 258 g/mol. The number of methoxy groups -OCH3 is 1. The van der Waals surface area contributed by atoms with Crippen molar-refractivity contribution in [2.75, 3.05) is 20.3 Å². The van der Waals surface area contributed by atoms with Crippen molar-refractivity contribution in [2.45, 2.75) is 25.9 Å². The fraction of sp³-hybridized carbons (Fsp3) is 0.538. The van der Waals surface area contributed by atoms with Crippen molar-refractivity contribution in [3.63, 3.8) is 0 Å². The van der Waals surface area contributed by atoms with Gasteiger partial charge in [-0.15, -0.1) is 0 Å². The van der Waals surface area contributed by atoms with Crippen LogP contribution < -0.4 is 4.74 Å². The van der Waals surface area contributed by atoms with Gasteiger partial charge in [-0.25, -0.2) is 0 Å². The van der Waals surface area contributed by atoms with Gasteiger partial charge in [0, 0.05) is 30.2 Å². The molecular formula is C13H19ClO3. The molecule has 0 aromatic heterocycles. The molecule has 0 aliphatic carbocycles. The summed E-state index contributed by atoms with van der Waals surface area (Å²) in [5.74, 6) is 0.650. The number of benzene rings is 1. The minimum atomic E-state index is -0.611. The van der Waals surface area contributed by atoms with Crippen molar-refractivity contribution < 1.29 is 14.6 Å². The highest BCUT2D eigenvalue weighted by Gasteiger charge is 2.13. The van der Waals surface area contributed by atoms with Crippen LogP contribution in [0.25, 0.3) is 0 Å². The molecule has 0 saturated heterocycles. The number of rotatable bonds is 7. The smallest absolute Gasteiger partial charge is 0.124 e. The highest BCUT2D eigenvalue weighted by molar-refractivity contribution is 6.30. The summed E-state index contributed by atoms with van der Waals surface area (Å²) in [5.41, 5.74) is 0.708. The third-order valence-corrected chi connectivity index (χ3v) is 2.67. The highest BCUT2D eigenvalue weighted by Crippen LogP contribution is 2.29. The maximum atomic E-state index is 10.0. The van der Waals surface area contributed by atoms with Crippen LogP contribution in [0.1, 0.15) is 31.4 Å². The molecule has 0 aliphatic heterocycles. The molecule has 4 heteroatoms. The van der Waals surface area contributed by atoms with E-state index in [0.29, 0.717) is 29.4 Å². The van der Waals surface area contributed by atoms with E-state index in [4.69, 9.17) is 21.1 Å². The summed E-state index contributed by atoms with van der Waals surface area (Å²) in [6.45, 7) is 3.31. The number of hydrogen-bond donors (Lipinski definition) is 1. The van der Waals surface area contributed by atoms with Gasteiger partial charge in [0.05, 0.1) is 13.2 Å². The van der Waals surface area contributed by atoms with Crippen LogP contribution in [0, 0.1) is 0 Å². The van der Waals surface area contributed by atoms with Gasteiger partial charge < -0.3 is 14.6 Å². The summed E-state index contributed by atoms with van der Waals surface area (Å²) in [7, 11) is 1.58. The van der Waals surface area contributed by atoms with Gasteiger partial charge in [-0.1, -0.05) is 18.5 Å². The van der Waals surface area contributed by atoms with E-state index in [1.165, 1.54) is 0 Å². The number of aliphatic hydroxyl groups is 1. The molecule has 0 saturated carbocycles. The van der Waals surface area contributed by atoms with Gasteiger partial charge in [0.15, 0.2) is 0 Å². The lowest BCUT2D eigenvalue weighted by Gasteiger charge is -2.15. The Morgan fingerprint density at radius 2 is 2.12 bits per heavy atom. The standard InChI is InChI=1S/C13H19ClO3/c1-3-7-17-8-6-12(15)11-9-10(14)4-5-13(11)16-2/h4-5,9,12,15H,3,6-8H2,1-2H3. The topological polar surface area (TPSA) is 38.7 Å². The van der Waals surface area contributed by atoms with Gasteiger partial charge in [0.2, 0.25) is 0 Å². The minimum absolute atomic E-state index is 0.532. The summed E-state index contributed by atoms with van der Waals surface area (Å²) in [6.07, 6.45) is 0.910. The summed E-state index contributed by atoms with van der Waals surface area (Å²) in [6, 6.07) is 5.23. The van der Waals surface area contributed by atoms with Crippen LogP contribution in [0.15, 0.2) is 18.2 Å². The average molecular weight is 259 g/mol. The van der Waals surface area contributed by atoms with E-state index in [0.717, 1.165) is 13.0 Å². The van der Waals surface area contributed by atoms with Gasteiger partial charge in [-0.05, 0) is 24.6 Å². The maximum absolute atomic E-state index is 10.0. The van der Waals surface area contributed by atoms with Crippen molar-refractivity contribution in [2.24, 2.45) is 0 Å². The number of hydrogen-bond acceptors (Lipinski definition) is 3. The SMILES string of the molecule is CCCOCCC(O)c1cc(Cl)ccc1OC. The van der Waals surface area contributed by atoms with E-state index in [9.17, 15) is 5.11 Å². The molecule has 0 fully saturated rings. The fourth-order valence-corrected chi connectivity index (χ4v) is 1.74. The first kappa shape index (κ1) is 14.3.